The average Bonchev–Trinajstić information content (AvgIpc) is 3.20. The zero-order valence-electron chi connectivity index (χ0n) is 16.1. The third-order valence-electron chi connectivity index (χ3n) is 3.88. The number of halogens is 2. The van der Waals surface area contributed by atoms with Crippen LogP contribution in [-0.2, 0) is 0 Å². The lowest BCUT2D eigenvalue weighted by Crippen LogP contribution is -2.21. The van der Waals surface area contributed by atoms with Crippen molar-refractivity contribution < 1.29 is 14.4 Å². The van der Waals surface area contributed by atoms with Gasteiger partial charge in [-0.1, -0.05) is 0 Å². The monoisotopic (exact) mass is 475 g/mol. The molecule has 4 N–H and O–H groups in total. The molecule has 14 heteroatoms. The van der Waals surface area contributed by atoms with Gasteiger partial charge in [0.1, 0.15) is 17.0 Å². The number of nitro groups is 1. The first kappa shape index (κ1) is 24.9. The number of aromatic nitrogens is 2. The van der Waals surface area contributed by atoms with Crippen molar-refractivity contribution in [2.75, 3.05) is 14.2 Å². The van der Waals surface area contributed by atoms with Crippen molar-refractivity contribution >= 4 is 59.0 Å². The predicted octanol–water partition coefficient (Wildman–Crippen LogP) is 2.75. The van der Waals surface area contributed by atoms with Crippen LogP contribution in [-0.4, -0.2) is 40.7 Å². The van der Waals surface area contributed by atoms with Gasteiger partial charge in [0.2, 0.25) is 5.96 Å². The highest BCUT2D eigenvalue weighted by Crippen LogP contribution is 2.45. The third kappa shape index (κ3) is 4.40. The van der Waals surface area contributed by atoms with E-state index in [1.165, 1.54) is 37.8 Å². The van der Waals surface area contributed by atoms with Gasteiger partial charge < -0.3 is 20.9 Å². The number of hydrogen-bond donors (Lipinski definition) is 2. The maximum absolute atomic E-state index is 11.8. The van der Waals surface area contributed by atoms with Crippen LogP contribution in [0.2, 0.25) is 0 Å². The Hall–Kier alpha value is -3.09. The van der Waals surface area contributed by atoms with E-state index < -0.39 is 4.92 Å². The van der Waals surface area contributed by atoms with E-state index in [0.717, 1.165) is 5.69 Å². The van der Waals surface area contributed by atoms with Crippen molar-refractivity contribution in [1.82, 2.24) is 9.38 Å². The SMILES string of the molecule is COc1ccc(OC)c([N+](=O)[O-])c1-c1nc2scc(C)n2c1/C=N/N=C(N)N.Cl.Cl. The number of methoxy groups -OCH3 is 2. The Balaban J connectivity index is 0.00000225. The van der Waals surface area contributed by atoms with E-state index in [0.29, 0.717) is 16.3 Å². The molecule has 0 unspecified atom stereocenters. The van der Waals surface area contributed by atoms with Gasteiger partial charge in [0.15, 0.2) is 10.7 Å². The number of rotatable bonds is 6. The zero-order valence-corrected chi connectivity index (χ0v) is 18.5. The topological polar surface area (TPSA) is 156 Å². The quantitative estimate of drug-likeness (QED) is 0.240. The Bertz CT molecular complexity index is 1120. The highest BCUT2D eigenvalue weighted by molar-refractivity contribution is 7.15. The molecule has 3 rings (SSSR count). The van der Waals surface area contributed by atoms with E-state index in [9.17, 15) is 10.1 Å². The summed E-state index contributed by atoms with van der Waals surface area (Å²) in [7, 11) is 2.78. The molecule has 1 aromatic carbocycles. The van der Waals surface area contributed by atoms with Gasteiger partial charge >= 0.3 is 5.69 Å². The predicted molar refractivity (Wildman–Crippen MR) is 121 cm³/mol. The summed E-state index contributed by atoms with van der Waals surface area (Å²) >= 11 is 1.38. The summed E-state index contributed by atoms with van der Waals surface area (Å²) in [6, 6.07) is 3.05. The van der Waals surface area contributed by atoms with E-state index in [2.05, 4.69) is 15.2 Å². The Morgan fingerprint density at radius 3 is 2.47 bits per heavy atom. The minimum atomic E-state index is -0.534. The van der Waals surface area contributed by atoms with Crippen molar-refractivity contribution in [3.05, 3.63) is 39.0 Å². The van der Waals surface area contributed by atoms with Crippen LogP contribution in [0.5, 0.6) is 11.5 Å². The van der Waals surface area contributed by atoms with Crippen molar-refractivity contribution in [1.29, 1.82) is 0 Å². The van der Waals surface area contributed by atoms with Gasteiger partial charge in [0.05, 0.1) is 31.1 Å². The number of imidazole rings is 1. The maximum Gasteiger partial charge on any atom is 0.324 e. The minimum absolute atomic E-state index is 0. The smallest absolute Gasteiger partial charge is 0.324 e. The van der Waals surface area contributed by atoms with Crippen LogP contribution < -0.4 is 20.9 Å². The van der Waals surface area contributed by atoms with Crippen LogP contribution in [0.3, 0.4) is 0 Å². The fourth-order valence-electron chi connectivity index (χ4n) is 2.77. The van der Waals surface area contributed by atoms with Crippen molar-refractivity contribution in [2.45, 2.75) is 6.92 Å². The lowest BCUT2D eigenvalue weighted by atomic mass is 10.1. The van der Waals surface area contributed by atoms with Crippen LogP contribution in [0, 0.1) is 17.0 Å². The Labute approximate surface area is 187 Å². The summed E-state index contributed by atoms with van der Waals surface area (Å²) in [6.07, 6.45) is 1.39. The summed E-state index contributed by atoms with van der Waals surface area (Å²) in [5, 5.41) is 21.2. The highest BCUT2D eigenvalue weighted by atomic mass is 35.5. The molecule has 162 valence electrons. The molecule has 3 aromatic rings. The van der Waals surface area contributed by atoms with Crippen LogP contribution >= 0.6 is 36.2 Å². The molecule has 30 heavy (non-hydrogen) atoms. The lowest BCUT2D eigenvalue weighted by molar-refractivity contribution is -0.385. The molecule has 0 bridgehead atoms. The van der Waals surface area contributed by atoms with Crippen molar-refractivity contribution in [2.24, 2.45) is 21.7 Å². The number of guanidine groups is 1. The second-order valence-electron chi connectivity index (χ2n) is 5.56. The van der Waals surface area contributed by atoms with Crippen LogP contribution in [0.25, 0.3) is 16.2 Å². The number of nitro benzene ring substituents is 1. The summed E-state index contributed by atoms with van der Waals surface area (Å²) < 4.78 is 12.4. The fraction of sp³-hybridized carbons (Fsp3) is 0.188. The van der Waals surface area contributed by atoms with Gasteiger partial charge in [-0.15, -0.1) is 41.3 Å². The third-order valence-corrected chi connectivity index (χ3v) is 4.83. The van der Waals surface area contributed by atoms with Gasteiger partial charge in [-0.05, 0) is 19.1 Å². The number of nitrogens with two attached hydrogens (primary N) is 2. The molecule has 0 saturated carbocycles. The first-order chi connectivity index (χ1) is 13.4. The molecule has 0 aliphatic rings. The van der Waals surface area contributed by atoms with E-state index in [1.54, 1.807) is 10.5 Å². The number of hydrogen-bond acceptors (Lipinski definition) is 8. The Morgan fingerprint density at radius 2 is 1.90 bits per heavy atom. The molecule has 2 heterocycles. The summed E-state index contributed by atoms with van der Waals surface area (Å²) in [5.74, 6) is 0.138. The number of benzene rings is 1. The molecule has 2 aromatic heterocycles. The normalized spacial score (nSPS) is 10.4. The van der Waals surface area contributed by atoms with Gasteiger partial charge in [-0.25, -0.2) is 4.98 Å². The average molecular weight is 476 g/mol. The summed E-state index contributed by atoms with van der Waals surface area (Å²) in [6.45, 7) is 1.88. The van der Waals surface area contributed by atoms with E-state index in [1.807, 2.05) is 12.3 Å². The lowest BCUT2D eigenvalue weighted by Gasteiger charge is -2.11. The van der Waals surface area contributed by atoms with Crippen LogP contribution in [0.1, 0.15) is 11.4 Å². The van der Waals surface area contributed by atoms with Crippen LogP contribution in [0.15, 0.2) is 27.7 Å². The van der Waals surface area contributed by atoms with Gasteiger partial charge in [0.25, 0.3) is 0 Å². The second kappa shape index (κ2) is 10.1. The maximum atomic E-state index is 11.8. The van der Waals surface area contributed by atoms with E-state index >= 15 is 0 Å². The van der Waals surface area contributed by atoms with Gasteiger partial charge in [-0.3, -0.25) is 14.5 Å². The highest BCUT2D eigenvalue weighted by Gasteiger charge is 2.30. The molecular weight excluding hydrogens is 457 g/mol. The molecule has 0 radical (unpaired) electrons. The number of fused-ring (bicyclic) bond motifs is 1. The van der Waals surface area contributed by atoms with E-state index in [4.69, 9.17) is 20.9 Å². The van der Waals surface area contributed by atoms with Gasteiger partial charge in [0, 0.05) is 11.1 Å². The first-order valence-electron chi connectivity index (χ1n) is 7.87. The molecule has 0 aliphatic carbocycles. The zero-order chi connectivity index (χ0) is 20.4. The van der Waals surface area contributed by atoms with Crippen LogP contribution in [0.4, 0.5) is 5.69 Å². The van der Waals surface area contributed by atoms with Crippen molar-refractivity contribution in [3.63, 3.8) is 0 Å². The molecule has 0 spiro atoms. The number of thiazole rings is 1. The Morgan fingerprint density at radius 1 is 1.27 bits per heavy atom. The number of ether oxygens (including phenoxy) is 2. The molecule has 0 amide bonds. The molecular formula is C16H19Cl2N7O4S. The van der Waals surface area contributed by atoms with Gasteiger partial charge in [-0.2, -0.15) is 5.10 Å². The molecule has 0 fully saturated rings. The molecule has 0 saturated heterocycles. The minimum Gasteiger partial charge on any atom is -0.496 e. The first-order valence-corrected chi connectivity index (χ1v) is 8.75. The fourth-order valence-corrected chi connectivity index (χ4v) is 3.65. The molecule has 11 nitrogen and oxygen atoms in total. The second-order valence-corrected chi connectivity index (χ2v) is 6.40. The van der Waals surface area contributed by atoms with E-state index in [-0.39, 0.29) is 53.5 Å². The number of aryl methyl sites for hydroxylation is 1. The summed E-state index contributed by atoms with van der Waals surface area (Å²) in [5.41, 5.74) is 12.2. The molecule has 0 atom stereocenters. The number of nitrogens with zero attached hydrogens (tertiary/aromatic N) is 5. The standard InChI is InChI=1S/C16H17N7O4S.2ClH/c1-8-7-28-16-20-13(9(22(8)16)6-19-21-15(17)18)12-10(26-2)4-5-11(27-3)14(12)23(24)25;;/h4-7H,1-3H3,(H4,17,18,21);2*1H/b19-6+;;. The molecule has 0 aliphatic heterocycles. The summed E-state index contributed by atoms with van der Waals surface area (Å²) in [4.78, 5) is 16.5. The largest absolute Gasteiger partial charge is 0.496 e. The Kier molecular flexibility index (Phi) is 8.39. The van der Waals surface area contributed by atoms with Crippen molar-refractivity contribution in [3.8, 4) is 22.8 Å².